The molecule has 4 atom stereocenters. The molecule has 0 saturated heterocycles. The largest absolute Gasteiger partial charge is 0.294 e. The lowest BCUT2D eigenvalue weighted by Crippen LogP contribution is -2.40. The predicted molar refractivity (Wildman–Crippen MR) is 320 cm³/mol. The van der Waals surface area contributed by atoms with Gasteiger partial charge in [0.1, 0.15) is 0 Å². The molecule has 0 saturated carbocycles. The highest BCUT2D eigenvalue weighted by Gasteiger charge is 2.23. The van der Waals surface area contributed by atoms with Crippen molar-refractivity contribution in [2.24, 2.45) is 0 Å². The molecule has 4 unspecified atom stereocenters. The molecule has 70 heavy (non-hydrogen) atoms. The van der Waals surface area contributed by atoms with Crippen molar-refractivity contribution in [3.63, 3.8) is 0 Å². The van der Waals surface area contributed by atoms with Gasteiger partial charge in [-0.25, -0.2) is 0 Å². The highest BCUT2D eigenvalue weighted by atomic mass is 15.2. The Morgan fingerprint density at radius 2 is 0.429 bits per heavy atom. The van der Waals surface area contributed by atoms with Gasteiger partial charge in [0.05, 0.1) is 0 Å². The molecule has 0 aromatic heterocycles. The molecule has 0 heterocycles. The van der Waals surface area contributed by atoms with E-state index in [0.29, 0.717) is 24.2 Å². The van der Waals surface area contributed by atoms with Crippen LogP contribution in [0.25, 0.3) is 0 Å². The van der Waals surface area contributed by atoms with Gasteiger partial charge in [-0.05, 0) is 64.5 Å². The van der Waals surface area contributed by atoms with E-state index in [2.05, 4.69) is 89.5 Å². The molecule has 0 bridgehead atoms. The lowest BCUT2D eigenvalue weighted by Gasteiger charge is -2.36. The van der Waals surface area contributed by atoms with Gasteiger partial charge >= 0.3 is 0 Å². The predicted octanol–water partition coefficient (Wildman–Crippen LogP) is 23.6. The summed E-state index contributed by atoms with van der Waals surface area (Å²) in [5.41, 5.74) is 3.09. The van der Waals surface area contributed by atoms with E-state index in [1.165, 1.54) is 308 Å². The van der Waals surface area contributed by atoms with Crippen LogP contribution >= 0.6 is 0 Å². The minimum atomic E-state index is 0.637. The second-order valence-electron chi connectivity index (χ2n) is 23.9. The summed E-state index contributed by atoms with van der Waals surface area (Å²) in [6.07, 6.45) is 68.4. The third-order valence-electron chi connectivity index (χ3n) is 16.9. The van der Waals surface area contributed by atoms with Crippen molar-refractivity contribution in [3.8, 4) is 0 Å². The van der Waals surface area contributed by atoms with E-state index in [1.54, 1.807) is 11.1 Å². The average Bonchev–Trinajstić information content (AvgIpc) is 3.36. The summed E-state index contributed by atoms with van der Waals surface area (Å²) in [6.45, 7) is 21.8. The lowest BCUT2D eigenvalue weighted by molar-refractivity contribution is 0.124. The Morgan fingerprint density at radius 3 is 0.614 bits per heavy atom. The minimum Gasteiger partial charge on any atom is -0.294 e. The number of benzene rings is 1. The maximum Gasteiger partial charge on any atom is 0.0239 e. The van der Waals surface area contributed by atoms with Gasteiger partial charge in [0.2, 0.25) is 0 Å². The summed E-state index contributed by atoms with van der Waals surface area (Å²) in [6, 6.07) is 12.5. The Bertz CT molecular complexity index is 1010. The number of rotatable bonds is 56. The first-order chi connectivity index (χ1) is 34.4. The molecular formula is C68H132N2. The number of nitrogens with zero attached hydrogens (tertiary/aromatic N) is 2. The van der Waals surface area contributed by atoms with Gasteiger partial charge in [0, 0.05) is 37.3 Å². The average molecular weight is 978 g/mol. The van der Waals surface area contributed by atoms with Crippen molar-refractivity contribution in [1.29, 1.82) is 0 Å². The fourth-order valence-corrected chi connectivity index (χ4v) is 11.8. The van der Waals surface area contributed by atoms with Gasteiger partial charge < -0.3 is 0 Å². The van der Waals surface area contributed by atoms with E-state index < -0.39 is 0 Å². The van der Waals surface area contributed by atoms with Crippen molar-refractivity contribution in [1.82, 2.24) is 9.80 Å². The third-order valence-corrected chi connectivity index (χ3v) is 16.9. The monoisotopic (exact) mass is 977 g/mol. The quantitative estimate of drug-likeness (QED) is 0.0600. The number of hydrogen-bond donors (Lipinski definition) is 0. The molecule has 2 nitrogen and oxygen atoms in total. The standard InChI is InChI=1S/C68H132N2/c1-9-13-17-21-25-29-33-37-41-45-49-54-63(5)69(64(6)55-50-46-42-38-34-30-26-22-18-14-10-2)61-67-58-53-59-68(60-67)62-70(65(7)56-51-47-43-39-35-31-27-23-19-15-11-3)66(8)57-52-48-44-40-36-32-28-24-20-16-12-4/h53,58-60,63-66H,9-52,54-57,61-62H2,1-8H3. The molecule has 2 heteroatoms. The molecule has 0 N–H and O–H groups in total. The highest BCUT2D eigenvalue weighted by Crippen LogP contribution is 2.26. The van der Waals surface area contributed by atoms with Crippen molar-refractivity contribution in [2.45, 2.75) is 401 Å². The molecule has 0 aliphatic carbocycles. The molecule has 0 aliphatic rings. The Hall–Kier alpha value is -0.860. The summed E-state index contributed by atoms with van der Waals surface area (Å²) in [7, 11) is 0. The highest BCUT2D eigenvalue weighted by molar-refractivity contribution is 5.24. The van der Waals surface area contributed by atoms with Gasteiger partial charge in [0.15, 0.2) is 0 Å². The summed E-state index contributed by atoms with van der Waals surface area (Å²) in [5.74, 6) is 0. The van der Waals surface area contributed by atoms with Crippen LogP contribution in [-0.4, -0.2) is 34.0 Å². The van der Waals surface area contributed by atoms with Crippen LogP contribution in [0.5, 0.6) is 0 Å². The smallest absolute Gasteiger partial charge is 0.0239 e. The molecule has 0 aliphatic heterocycles. The SMILES string of the molecule is CCCCCCCCCCCCCC(C)N(Cc1cccc(CN(C(C)CCCCCCCCCCCCC)C(C)CCCCCCCCCCCCC)c1)C(C)CCCCCCCCCCCCC. The normalized spacial score (nSPS) is 13.7. The van der Waals surface area contributed by atoms with Gasteiger partial charge in [-0.2, -0.15) is 0 Å². The molecule has 0 spiro atoms. The van der Waals surface area contributed by atoms with Gasteiger partial charge in [-0.1, -0.05) is 334 Å². The van der Waals surface area contributed by atoms with Gasteiger partial charge in [-0.15, -0.1) is 0 Å². The van der Waals surface area contributed by atoms with Crippen LogP contribution in [0.15, 0.2) is 24.3 Å². The molecule has 1 aromatic rings. The number of hydrogen-bond acceptors (Lipinski definition) is 2. The van der Waals surface area contributed by atoms with Gasteiger partial charge in [-0.3, -0.25) is 9.80 Å². The van der Waals surface area contributed by atoms with Crippen LogP contribution in [0.3, 0.4) is 0 Å². The van der Waals surface area contributed by atoms with E-state index in [1.807, 2.05) is 0 Å². The zero-order valence-corrected chi connectivity index (χ0v) is 49.9. The fourth-order valence-electron chi connectivity index (χ4n) is 11.8. The number of unbranched alkanes of at least 4 members (excludes halogenated alkanes) is 40. The molecule has 0 radical (unpaired) electrons. The van der Waals surface area contributed by atoms with Crippen LogP contribution in [0.4, 0.5) is 0 Å². The first kappa shape index (κ1) is 67.2. The van der Waals surface area contributed by atoms with Crippen molar-refractivity contribution >= 4 is 0 Å². The summed E-state index contributed by atoms with van der Waals surface area (Å²) in [4.78, 5) is 5.88. The Kier molecular flexibility index (Phi) is 49.5. The van der Waals surface area contributed by atoms with E-state index in [9.17, 15) is 0 Å². The van der Waals surface area contributed by atoms with Crippen LogP contribution in [0.1, 0.15) is 375 Å². The van der Waals surface area contributed by atoms with Crippen molar-refractivity contribution in [3.05, 3.63) is 35.4 Å². The molecule has 0 fully saturated rings. The summed E-state index contributed by atoms with van der Waals surface area (Å²) in [5, 5.41) is 0. The molecule has 1 rings (SSSR count). The van der Waals surface area contributed by atoms with Crippen LogP contribution in [0, 0.1) is 0 Å². The van der Waals surface area contributed by atoms with Crippen molar-refractivity contribution in [2.75, 3.05) is 0 Å². The Morgan fingerprint density at radius 1 is 0.257 bits per heavy atom. The van der Waals surface area contributed by atoms with Crippen LogP contribution in [-0.2, 0) is 13.1 Å². The zero-order valence-electron chi connectivity index (χ0n) is 49.9. The molecule has 1 aromatic carbocycles. The lowest BCUT2D eigenvalue weighted by atomic mass is 9.99. The van der Waals surface area contributed by atoms with Crippen molar-refractivity contribution < 1.29 is 0 Å². The van der Waals surface area contributed by atoms with Crippen LogP contribution < -0.4 is 0 Å². The second kappa shape index (κ2) is 51.6. The van der Waals surface area contributed by atoms with Gasteiger partial charge in [0.25, 0.3) is 0 Å². The maximum atomic E-state index is 2.94. The summed E-state index contributed by atoms with van der Waals surface area (Å²) < 4.78 is 0. The molecule has 414 valence electrons. The van der Waals surface area contributed by atoms with E-state index in [0.717, 1.165) is 13.1 Å². The zero-order chi connectivity index (χ0) is 50.8. The second-order valence-corrected chi connectivity index (χ2v) is 23.9. The molecular weight excluding hydrogens is 845 g/mol. The first-order valence-electron chi connectivity index (χ1n) is 33.0. The summed E-state index contributed by atoms with van der Waals surface area (Å²) >= 11 is 0. The Labute approximate surface area is 444 Å². The maximum absolute atomic E-state index is 2.94. The topological polar surface area (TPSA) is 6.48 Å². The van der Waals surface area contributed by atoms with Crippen LogP contribution in [0.2, 0.25) is 0 Å². The fraction of sp³-hybridized carbons (Fsp3) is 0.912. The Balaban J connectivity index is 2.91. The van der Waals surface area contributed by atoms with E-state index in [4.69, 9.17) is 0 Å². The van der Waals surface area contributed by atoms with E-state index >= 15 is 0 Å². The first-order valence-corrected chi connectivity index (χ1v) is 33.0. The van der Waals surface area contributed by atoms with E-state index in [-0.39, 0.29) is 0 Å². The molecule has 0 amide bonds. The minimum absolute atomic E-state index is 0.637. The third kappa shape index (κ3) is 40.5.